The standard InChI is InChI=1S/C16H20N2O2S/c1-11-7-8-14-13(9-11)17-16(21-10-15(19)20)18(14)12-5-3-2-4-6-12/h7-9,12H,2-6,10H2,1H3,(H,19,20). The van der Waals surface area contributed by atoms with Gasteiger partial charge in [-0.05, 0) is 37.5 Å². The summed E-state index contributed by atoms with van der Waals surface area (Å²) in [5.74, 6) is -0.729. The summed E-state index contributed by atoms with van der Waals surface area (Å²) in [6, 6.07) is 6.77. The summed E-state index contributed by atoms with van der Waals surface area (Å²) in [5.41, 5.74) is 3.31. The van der Waals surface area contributed by atoms with Gasteiger partial charge in [-0.25, -0.2) is 4.98 Å². The number of hydrogen-bond donors (Lipinski definition) is 1. The first kappa shape index (κ1) is 14.4. The molecule has 5 heteroatoms. The van der Waals surface area contributed by atoms with Gasteiger partial charge in [-0.2, -0.15) is 0 Å². The Kier molecular flexibility index (Phi) is 4.19. The molecule has 112 valence electrons. The molecular weight excluding hydrogens is 284 g/mol. The van der Waals surface area contributed by atoms with Crippen molar-refractivity contribution in [1.29, 1.82) is 0 Å². The summed E-state index contributed by atoms with van der Waals surface area (Å²) in [6.07, 6.45) is 6.14. The first-order valence-electron chi connectivity index (χ1n) is 7.48. The third-order valence-corrected chi connectivity index (χ3v) is 5.01. The molecule has 1 aliphatic carbocycles. The normalized spacial score (nSPS) is 16.4. The third-order valence-electron chi connectivity index (χ3n) is 4.08. The smallest absolute Gasteiger partial charge is 0.313 e. The van der Waals surface area contributed by atoms with Crippen molar-refractivity contribution in [3.05, 3.63) is 23.8 Å². The number of nitrogens with zero attached hydrogens (tertiary/aromatic N) is 2. The molecule has 0 saturated heterocycles. The zero-order valence-electron chi connectivity index (χ0n) is 12.2. The first-order chi connectivity index (χ1) is 10.1. The van der Waals surface area contributed by atoms with Crippen LogP contribution in [-0.2, 0) is 4.79 Å². The minimum atomic E-state index is -0.793. The number of carboxylic acid groups (broad SMARTS) is 1. The SMILES string of the molecule is Cc1ccc2c(c1)nc(SCC(=O)O)n2C1CCCCC1. The number of aromatic nitrogens is 2. The summed E-state index contributed by atoms with van der Waals surface area (Å²) in [4.78, 5) is 15.6. The van der Waals surface area contributed by atoms with Gasteiger partial charge in [-0.1, -0.05) is 37.1 Å². The Morgan fingerprint density at radius 1 is 1.38 bits per heavy atom. The van der Waals surface area contributed by atoms with Gasteiger partial charge < -0.3 is 9.67 Å². The first-order valence-corrected chi connectivity index (χ1v) is 8.47. The van der Waals surface area contributed by atoms with E-state index in [0.29, 0.717) is 6.04 Å². The third kappa shape index (κ3) is 3.07. The Balaban J connectivity index is 2.03. The summed E-state index contributed by atoms with van der Waals surface area (Å²) in [7, 11) is 0. The van der Waals surface area contributed by atoms with Crippen LogP contribution in [-0.4, -0.2) is 26.4 Å². The van der Waals surface area contributed by atoms with Crippen molar-refractivity contribution in [3.8, 4) is 0 Å². The van der Waals surface area contributed by atoms with Gasteiger partial charge in [0.15, 0.2) is 5.16 Å². The van der Waals surface area contributed by atoms with Crippen LogP contribution in [0.15, 0.2) is 23.4 Å². The van der Waals surface area contributed by atoms with Gasteiger partial charge in [0, 0.05) is 6.04 Å². The number of thioether (sulfide) groups is 1. The van der Waals surface area contributed by atoms with Gasteiger partial charge in [0.05, 0.1) is 16.8 Å². The molecule has 1 fully saturated rings. The van der Waals surface area contributed by atoms with Gasteiger partial charge in [0.25, 0.3) is 0 Å². The van der Waals surface area contributed by atoms with Gasteiger partial charge in [0.2, 0.25) is 0 Å². The van der Waals surface area contributed by atoms with Gasteiger partial charge >= 0.3 is 5.97 Å². The molecule has 4 nitrogen and oxygen atoms in total. The molecule has 1 aliphatic rings. The number of aryl methyl sites for hydroxylation is 1. The fourth-order valence-corrected chi connectivity index (χ4v) is 3.91. The number of benzene rings is 1. The largest absolute Gasteiger partial charge is 0.481 e. The van der Waals surface area contributed by atoms with Crippen molar-refractivity contribution in [2.75, 3.05) is 5.75 Å². The van der Waals surface area contributed by atoms with E-state index in [4.69, 9.17) is 5.11 Å². The van der Waals surface area contributed by atoms with Crippen molar-refractivity contribution in [3.63, 3.8) is 0 Å². The predicted octanol–water partition coefficient (Wildman–Crippen LogP) is 4.03. The molecule has 0 amide bonds. The quantitative estimate of drug-likeness (QED) is 0.867. The van der Waals surface area contributed by atoms with Crippen LogP contribution in [0.4, 0.5) is 0 Å². The Bertz CT molecular complexity index is 660. The number of rotatable bonds is 4. The topological polar surface area (TPSA) is 55.1 Å². The van der Waals surface area contributed by atoms with Crippen LogP contribution >= 0.6 is 11.8 Å². The molecule has 1 N–H and O–H groups in total. The van der Waals surface area contributed by atoms with E-state index in [2.05, 4.69) is 34.7 Å². The molecule has 1 saturated carbocycles. The maximum Gasteiger partial charge on any atom is 0.313 e. The van der Waals surface area contributed by atoms with Gasteiger partial charge in [0.1, 0.15) is 0 Å². The molecular formula is C16H20N2O2S. The van der Waals surface area contributed by atoms with Gasteiger partial charge in [-0.3, -0.25) is 4.79 Å². The zero-order valence-corrected chi connectivity index (χ0v) is 13.0. The summed E-state index contributed by atoms with van der Waals surface area (Å²) in [5, 5.41) is 9.79. The highest BCUT2D eigenvalue weighted by molar-refractivity contribution is 7.99. The lowest BCUT2D eigenvalue weighted by Gasteiger charge is -2.25. The predicted molar refractivity (Wildman–Crippen MR) is 85.0 cm³/mol. The Hall–Kier alpha value is -1.49. The molecule has 2 aromatic rings. The average Bonchev–Trinajstić information content (AvgIpc) is 2.83. The van der Waals surface area contributed by atoms with E-state index < -0.39 is 5.97 Å². The van der Waals surface area contributed by atoms with Crippen molar-refractivity contribution in [2.45, 2.75) is 50.2 Å². The minimum absolute atomic E-state index is 0.0645. The van der Waals surface area contributed by atoms with E-state index in [1.165, 1.54) is 49.4 Å². The minimum Gasteiger partial charge on any atom is -0.481 e. The second-order valence-electron chi connectivity index (χ2n) is 5.73. The van der Waals surface area contributed by atoms with Crippen LogP contribution in [0.1, 0.15) is 43.7 Å². The molecule has 0 atom stereocenters. The molecule has 0 bridgehead atoms. The van der Waals surface area contributed by atoms with Crippen molar-refractivity contribution in [1.82, 2.24) is 9.55 Å². The highest BCUT2D eigenvalue weighted by atomic mass is 32.2. The zero-order chi connectivity index (χ0) is 14.8. The Morgan fingerprint density at radius 2 is 2.14 bits per heavy atom. The highest BCUT2D eigenvalue weighted by Crippen LogP contribution is 2.35. The van der Waals surface area contributed by atoms with Crippen molar-refractivity contribution >= 4 is 28.8 Å². The lowest BCUT2D eigenvalue weighted by Crippen LogP contribution is -2.14. The number of fused-ring (bicyclic) bond motifs is 1. The second kappa shape index (κ2) is 6.10. The van der Waals surface area contributed by atoms with Crippen molar-refractivity contribution < 1.29 is 9.90 Å². The number of hydrogen-bond acceptors (Lipinski definition) is 3. The summed E-state index contributed by atoms with van der Waals surface area (Å²) < 4.78 is 2.28. The fourth-order valence-electron chi connectivity index (χ4n) is 3.11. The van der Waals surface area contributed by atoms with Crippen molar-refractivity contribution in [2.24, 2.45) is 0 Å². The fraction of sp³-hybridized carbons (Fsp3) is 0.500. The van der Waals surface area contributed by atoms with E-state index in [-0.39, 0.29) is 5.75 Å². The Morgan fingerprint density at radius 3 is 2.86 bits per heavy atom. The van der Waals surface area contributed by atoms with Crippen LogP contribution in [0.5, 0.6) is 0 Å². The molecule has 1 heterocycles. The molecule has 0 spiro atoms. The lowest BCUT2D eigenvalue weighted by atomic mass is 9.95. The molecule has 0 aliphatic heterocycles. The number of carboxylic acids is 1. The number of imidazole rings is 1. The number of aliphatic carboxylic acids is 1. The lowest BCUT2D eigenvalue weighted by molar-refractivity contribution is -0.133. The highest BCUT2D eigenvalue weighted by Gasteiger charge is 2.22. The molecule has 1 aromatic heterocycles. The maximum atomic E-state index is 10.9. The van der Waals surface area contributed by atoms with E-state index in [0.717, 1.165) is 16.2 Å². The second-order valence-corrected chi connectivity index (χ2v) is 6.67. The van der Waals surface area contributed by atoms with Crippen LogP contribution in [0.3, 0.4) is 0 Å². The monoisotopic (exact) mass is 304 g/mol. The summed E-state index contributed by atoms with van der Waals surface area (Å²) in [6.45, 7) is 2.06. The maximum absolute atomic E-state index is 10.9. The molecule has 21 heavy (non-hydrogen) atoms. The molecule has 1 aromatic carbocycles. The summed E-state index contributed by atoms with van der Waals surface area (Å²) >= 11 is 1.33. The number of carbonyl (C=O) groups is 1. The van der Waals surface area contributed by atoms with E-state index in [9.17, 15) is 4.79 Å². The molecule has 0 unspecified atom stereocenters. The van der Waals surface area contributed by atoms with E-state index in [1.54, 1.807) is 0 Å². The molecule has 3 rings (SSSR count). The Labute approximate surface area is 128 Å². The van der Waals surface area contributed by atoms with Crippen LogP contribution < -0.4 is 0 Å². The van der Waals surface area contributed by atoms with E-state index >= 15 is 0 Å². The molecule has 0 radical (unpaired) electrons. The van der Waals surface area contributed by atoms with Crippen LogP contribution in [0.2, 0.25) is 0 Å². The van der Waals surface area contributed by atoms with Gasteiger partial charge in [-0.15, -0.1) is 0 Å². The van der Waals surface area contributed by atoms with Crippen LogP contribution in [0, 0.1) is 6.92 Å². The van der Waals surface area contributed by atoms with E-state index in [1.807, 2.05) is 0 Å². The van der Waals surface area contributed by atoms with Crippen LogP contribution in [0.25, 0.3) is 11.0 Å². The average molecular weight is 304 g/mol.